The number of rotatable bonds is 4. The standard InChI is InChI=1S/C11H11ClO5S/c1-3-17-11(14)10(13)7-4-8(12)6-9(5-7)18(2,15)16/h4-6H,3H2,1-2H3. The van der Waals surface area contributed by atoms with Crippen molar-refractivity contribution in [2.24, 2.45) is 0 Å². The summed E-state index contributed by atoms with van der Waals surface area (Å²) in [6, 6.07) is 3.52. The molecule has 1 rings (SSSR count). The van der Waals surface area contributed by atoms with Crippen molar-refractivity contribution < 1.29 is 22.7 Å². The molecule has 0 radical (unpaired) electrons. The smallest absolute Gasteiger partial charge is 0.379 e. The van der Waals surface area contributed by atoms with Crippen molar-refractivity contribution >= 4 is 33.2 Å². The van der Waals surface area contributed by atoms with Gasteiger partial charge in [0, 0.05) is 16.8 Å². The summed E-state index contributed by atoms with van der Waals surface area (Å²) in [5.74, 6) is -1.97. The predicted octanol–water partition coefficient (Wildman–Crippen LogP) is 1.49. The number of hydrogen-bond acceptors (Lipinski definition) is 5. The minimum Gasteiger partial charge on any atom is -0.460 e. The molecular weight excluding hydrogens is 280 g/mol. The maximum atomic E-state index is 11.6. The molecule has 0 aliphatic carbocycles. The lowest BCUT2D eigenvalue weighted by Gasteiger charge is -2.04. The molecule has 0 spiro atoms. The maximum Gasteiger partial charge on any atom is 0.379 e. The second kappa shape index (κ2) is 5.49. The molecule has 98 valence electrons. The fourth-order valence-electron chi connectivity index (χ4n) is 1.22. The lowest BCUT2D eigenvalue weighted by atomic mass is 10.1. The summed E-state index contributed by atoms with van der Waals surface area (Å²) in [5.41, 5.74) is -0.110. The summed E-state index contributed by atoms with van der Waals surface area (Å²) in [6.45, 7) is 1.62. The summed E-state index contributed by atoms with van der Waals surface area (Å²) in [7, 11) is -3.51. The lowest BCUT2D eigenvalue weighted by molar-refractivity contribution is -0.137. The number of ether oxygens (including phenoxy) is 1. The summed E-state index contributed by atoms with van der Waals surface area (Å²) >= 11 is 5.71. The number of Topliss-reactive ketones (excluding diaryl/α,β-unsaturated/α-hetero) is 1. The van der Waals surface area contributed by atoms with Gasteiger partial charge < -0.3 is 4.74 Å². The second-order valence-corrected chi connectivity index (χ2v) is 5.95. The molecule has 0 aromatic heterocycles. The highest BCUT2D eigenvalue weighted by atomic mass is 35.5. The Labute approximate surface area is 110 Å². The Kier molecular flexibility index (Phi) is 4.48. The van der Waals surface area contributed by atoms with Crippen molar-refractivity contribution in [1.29, 1.82) is 0 Å². The van der Waals surface area contributed by atoms with Crippen LogP contribution in [0.5, 0.6) is 0 Å². The summed E-state index contributed by atoms with van der Waals surface area (Å²) in [5, 5.41) is 0.0607. The van der Waals surface area contributed by atoms with Crippen molar-refractivity contribution in [3.05, 3.63) is 28.8 Å². The van der Waals surface area contributed by atoms with E-state index in [1.807, 2.05) is 0 Å². The molecule has 0 saturated carbocycles. The molecule has 1 aromatic carbocycles. The van der Waals surface area contributed by atoms with Gasteiger partial charge >= 0.3 is 5.97 Å². The molecular formula is C11H11ClO5S. The maximum absolute atomic E-state index is 11.6. The quantitative estimate of drug-likeness (QED) is 0.477. The van der Waals surface area contributed by atoms with E-state index in [2.05, 4.69) is 4.74 Å². The first-order chi connectivity index (χ1) is 8.25. The minimum atomic E-state index is -3.51. The van der Waals surface area contributed by atoms with Gasteiger partial charge in [0.15, 0.2) is 9.84 Å². The molecule has 0 unspecified atom stereocenters. The van der Waals surface area contributed by atoms with E-state index in [1.54, 1.807) is 6.92 Å². The fraction of sp³-hybridized carbons (Fsp3) is 0.273. The molecule has 7 heteroatoms. The van der Waals surface area contributed by atoms with Gasteiger partial charge in [-0.25, -0.2) is 13.2 Å². The molecule has 0 amide bonds. The van der Waals surface area contributed by atoms with Gasteiger partial charge in [-0.15, -0.1) is 0 Å². The van der Waals surface area contributed by atoms with E-state index in [-0.39, 0.29) is 22.1 Å². The highest BCUT2D eigenvalue weighted by Crippen LogP contribution is 2.19. The van der Waals surface area contributed by atoms with E-state index in [0.717, 1.165) is 12.3 Å². The van der Waals surface area contributed by atoms with Gasteiger partial charge in [0.05, 0.1) is 11.5 Å². The Bertz CT molecular complexity index is 591. The molecule has 0 aliphatic heterocycles. The summed E-state index contributed by atoms with van der Waals surface area (Å²) in [6.07, 6.45) is 0.983. The number of ketones is 1. The molecule has 0 heterocycles. The molecule has 0 fully saturated rings. The number of carbonyl (C=O) groups is 2. The fourth-order valence-corrected chi connectivity index (χ4v) is 2.20. The van der Waals surface area contributed by atoms with Crippen molar-refractivity contribution in [2.45, 2.75) is 11.8 Å². The first kappa shape index (κ1) is 14.7. The van der Waals surface area contributed by atoms with Gasteiger partial charge in [-0.2, -0.15) is 0 Å². The highest BCUT2D eigenvalue weighted by Gasteiger charge is 2.20. The zero-order valence-electron chi connectivity index (χ0n) is 9.77. The van der Waals surface area contributed by atoms with Crippen LogP contribution in [0.1, 0.15) is 17.3 Å². The molecule has 1 aromatic rings. The monoisotopic (exact) mass is 290 g/mol. The number of sulfone groups is 1. The minimum absolute atomic E-state index is 0.0596. The zero-order chi connectivity index (χ0) is 13.9. The van der Waals surface area contributed by atoms with E-state index < -0.39 is 21.6 Å². The van der Waals surface area contributed by atoms with Crippen molar-refractivity contribution in [1.82, 2.24) is 0 Å². The molecule has 0 atom stereocenters. The van der Waals surface area contributed by atoms with E-state index in [9.17, 15) is 18.0 Å². The van der Waals surface area contributed by atoms with Crippen LogP contribution in [-0.2, 0) is 19.4 Å². The lowest BCUT2D eigenvalue weighted by Crippen LogP contribution is -2.18. The van der Waals surface area contributed by atoms with Gasteiger partial charge in [-0.1, -0.05) is 11.6 Å². The largest absolute Gasteiger partial charge is 0.460 e. The molecule has 0 bridgehead atoms. The molecule has 0 saturated heterocycles. The third-order valence-electron chi connectivity index (χ3n) is 2.02. The van der Waals surface area contributed by atoms with E-state index in [4.69, 9.17) is 11.6 Å². The Morgan fingerprint density at radius 1 is 1.28 bits per heavy atom. The Balaban J connectivity index is 3.23. The Morgan fingerprint density at radius 2 is 1.89 bits per heavy atom. The average molecular weight is 291 g/mol. The van der Waals surface area contributed by atoms with Crippen LogP contribution in [0.25, 0.3) is 0 Å². The zero-order valence-corrected chi connectivity index (χ0v) is 11.3. The number of carbonyl (C=O) groups excluding carboxylic acids is 2. The number of hydrogen-bond donors (Lipinski definition) is 0. The van der Waals surface area contributed by atoms with Crippen LogP contribution in [-0.4, -0.2) is 33.0 Å². The van der Waals surface area contributed by atoms with Crippen LogP contribution in [0, 0.1) is 0 Å². The Hall–Kier alpha value is -1.40. The molecule has 0 N–H and O–H groups in total. The van der Waals surface area contributed by atoms with Gasteiger partial charge in [0.2, 0.25) is 0 Å². The van der Waals surface area contributed by atoms with Crippen molar-refractivity contribution in [3.63, 3.8) is 0 Å². The normalized spacial score (nSPS) is 11.1. The average Bonchev–Trinajstić information content (AvgIpc) is 2.26. The number of esters is 1. The Morgan fingerprint density at radius 3 is 2.39 bits per heavy atom. The third kappa shape index (κ3) is 3.54. The van der Waals surface area contributed by atoms with Crippen LogP contribution >= 0.6 is 11.6 Å². The van der Waals surface area contributed by atoms with Crippen LogP contribution in [0.2, 0.25) is 5.02 Å². The van der Waals surface area contributed by atoms with E-state index in [0.29, 0.717) is 0 Å². The highest BCUT2D eigenvalue weighted by molar-refractivity contribution is 7.90. The van der Waals surface area contributed by atoms with Gasteiger partial charge in [-0.3, -0.25) is 4.79 Å². The summed E-state index contributed by atoms with van der Waals surface area (Å²) in [4.78, 5) is 22.8. The topological polar surface area (TPSA) is 77.5 Å². The molecule has 0 aliphatic rings. The van der Waals surface area contributed by atoms with E-state index in [1.165, 1.54) is 12.1 Å². The second-order valence-electron chi connectivity index (χ2n) is 3.50. The number of halogens is 1. The SMILES string of the molecule is CCOC(=O)C(=O)c1cc(Cl)cc(S(C)(=O)=O)c1. The van der Waals surface area contributed by atoms with Crippen LogP contribution in [0.4, 0.5) is 0 Å². The van der Waals surface area contributed by atoms with Crippen LogP contribution in [0.15, 0.2) is 23.1 Å². The van der Waals surface area contributed by atoms with Crippen LogP contribution in [0.3, 0.4) is 0 Å². The molecule has 5 nitrogen and oxygen atoms in total. The first-order valence-electron chi connectivity index (χ1n) is 4.97. The first-order valence-corrected chi connectivity index (χ1v) is 7.24. The van der Waals surface area contributed by atoms with Crippen molar-refractivity contribution in [3.8, 4) is 0 Å². The van der Waals surface area contributed by atoms with Crippen molar-refractivity contribution in [2.75, 3.05) is 12.9 Å². The summed E-state index contributed by atoms with van der Waals surface area (Å²) < 4.78 is 27.3. The number of benzene rings is 1. The molecule has 18 heavy (non-hydrogen) atoms. The third-order valence-corrected chi connectivity index (χ3v) is 3.33. The van der Waals surface area contributed by atoms with Gasteiger partial charge in [-0.05, 0) is 25.1 Å². The van der Waals surface area contributed by atoms with Gasteiger partial charge in [0.1, 0.15) is 0 Å². The van der Waals surface area contributed by atoms with E-state index >= 15 is 0 Å². The van der Waals surface area contributed by atoms with Gasteiger partial charge in [0.25, 0.3) is 5.78 Å². The predicted molar refractivity (Wildman–Crippen MR) is 65.5 cm³/mol. The van der Waals surface area contributed by atoms with Crippen LogP contribution < -0.4 is 0 Å².